The Hall–Kier alpha value is -0.930. The summed E-state index contributed by atoms with van der Waals surface area (Å²) in [6.07, 6.45) is 3.85. The largest absolute Gasteiger partial charge is 0.323 e. The van der Waals surface area contributed by atoms with Gasteiger partial charge in [0, 0.05) is 18.6 Å². The number of likely N-dealkylation sites (tertiary alicyclic amines) is 1. The van der Waals surface area contributed by atoms with E-state index in [1.54, 1.807) is 12.1 Å². The molecule has 1 saturated heterocycles. The Labute approximate surface area is 103 Å². The quantitative estimate of drug-likeness (QED) is 0.874. The molecule has 94 valence electrons. The van der Waals surface area contributed by atoms with Crippen molar-refractivity contribution in [1.29, 1.82) is 0 Å². The fourth-order valence-electron chi connectivity index (χ4n) is 2.50. The zero-order valence-electron chi connectivity index (χ0n) is 10.4. The van der Waals surface area contributed by atoms with E-state index in [-0.39, 0.29) is 11.9 Å². The topological polar surface area (TPSA) is 29.3 Å². The molecular weight excluding hydrogens is 215 g/mol. The molecule has 17 heavy (non-hydrogen) atoms. The van der Waals surface area contributed by atoms with E-state index in [9.17, 15) is 4.39 Å². The molecule has 0 aliphatic carbocycles. The highest BCUT2D eigenvalue weighted by molar-refractivity contribution is 5.19. The SMILES string of the molecule is CC1CCCCN1CC(N)c1ccc(F)cc1. The van der Waals surface area contributed by atoms with E-state index >= 15 is 0 Å². The monoisotopic (exact) mass is 236 g/mol. The summed E-state index contributed by atoms with van der Waals surface area (Å²) < 4.78 is 12.8. The third-order valence-electron chi connectivity index (χ3n) is 3.67. The van der Waals surface area contributed by atoms with Crippen LogP contribution in [0.3, 0.4) is 0 Å². The zero-order chi connectivity index (χ0) is 12.3. The molecule has 2 N–H and O–H groups in total. The summed E-state index contributed by atoms with van der Waals surface area (Å²) in [6, 6.07) is 7.14. The van der Waals surface area contributed by atoms with Crippen LogP contribution >= 0.6 is 0 Å². The molecule has 1 aromatic carbocycles. The van der Waals surface area contributed by atoms with Gasteiger partial charge in [-0.1, -0.05) is 18.6 Å². The van der Waals surface area contributed by atoms with Gasteiger partial charge in [-0.25, -0.2) is 4.39 Å². The lowest BCUT2D eigenvalue weighted by Gasteiger charge is -2.35. The van der Waals surface area contributed by atoms with Crippen LogP contribution in [0.5, 0.6) is 0 Å². The van der Waals surface area contributed by atoms with Gasteiger partial charge in [-0.3, -0.25) is 4.90 Å². The lowest BCUT2D eigenvalue weighted by molar-refractivity contribution is 0.151. The van der Waals surface area contributed by atoms with Crippen molar-refractivity contribution >= 4 is 0 Å². The van der Waals surface area contributed by atoms with Crippen molar-refractivity contribution in [1.82, 2.24) is 4.90 Å². The van der Waals surface area contributed by atoms with Crippen molar-refractivity contribution in [2.45, 2.75) is 38.3 Å². The van der Waals surface area contributed by atoms with Crippen molar-refractivity contribution in [3.8, 4) is 0 Å². The van der Waals surface area contributed by atoms with Gasteiger partial charge in [0.05, 0.1) is 0 Å². The minimum Gasteiger partial charge on any atom is -0.323 e. The summed E-state index contributed by atoms with van der Waals surface area (Å²) in [6.45, 7) is 4.26. The van der Waals surface area contributed by atoms with Crippen molar-refractivity contribution in [2.75, 3.05) is 13.1 Å². The molecule has 1 fully saturated rings. The van der Waals surface area contributed by atoms with Crippen molar-refractivity contribution < 1.29 is 4.39 Å². The second-order valence-electron chi connectivity index (χ2n) is 5.00. The number of rotatable bonds is 3. The zero-order valence-corrected chi connectivity index (χ0v) is 10.4. The molecule has 1 heterocycles. The maximum absolute atomic E-state index is 12.8. The molecule has 2 nitrogen and oxygen atoms in total. The third-order valence-corrected chi connectivity index (χ3v) is 3.67. The van der Waals surface area contributed by atoms with E-state index in [4.69, 9.17) is 5.73 Å². The van der Waals surface area contributed by atoms with Crippen LogP contribution in [0.15, 0.2) is 24.3 Å². The number of piperidine rings is 1. The van der Waals surface area contributed by atoms with E-state index in [1.165, 1.54) is 31.4 Å². The molecule has 1 aliphatic rings. The van der Waals surface area contributed by atoms with Crippen molar-refractivity contribution in [2.24, 2.45) is 5.73 Å². The number of benzene rings is 1. The van der Waals surface area contributed by atoms with E-state index in [2.05, 4.69) is 11.8 Å². The smallest absolute Gasteiger partial charge is 0.123 e. The standard InChI is InChI=1S/C14H21FN2/c1-11-4-2-3-9-17(11)10-14(16)12-5-7-13(15)8-6-12/h5-8,11,14H,2-4,9-10,16H2,1H3. The van der Waals surface area contributed by atoms with Crippen LogP contribution in [0.1, 0.15) is 37.8 Å². The second kappa shape index (κ2) is 5.61. The third kappa shape index (κ3) is 3.27. The number of halogens is 1. The summed E-state index contributed by atoms with van der Waals surface area (Å²) in [5.74, 6) is -0.202. The Balaban J connectivity index is 1.95. The Morgan fingerprint density at radius 3 is 2.71 bits per heavy atom. The molecule has 2 unspecified atom stereocenters. The highest BCUT2D eigenvalue weighted by atomic mass is 19.1. The number of hydrogen-bond donors (Lipinski definition) is 1. The Morgan fingerprint density at radius 2 is 2.06 bits per heavy atom. The average Bonchev–Trinajstić information content (AvgIpc) is 2.33. The summed E-state index contributed by atoms with van der Waals surface area (Å²) in [4.78, 5) is 2.44. The van der Waals surface area contributed by atoms with Crippen LogP contribution in [-0.2, 0) is 0 Å². The fourth-order valence-corrected chi connectivity index (χ4v) is 2.50. The van der Waals surface area contributed by atoms with Crippen LogP contribution < -0.4 is 5.73 Å². The van der Waals surface area contributed by atoms with Gasteiger partial charge in [-0.2, -0.15) is 0 Å². The molecule has 0 saturated carbocycles. The Bertz CT molecular complexity index is 350. The average molecular weight is 236 g/mol. The molecule has 2 atom stereocenters. The molecule has 0 bridgehead atoms. The van der Waals surface area contributed by atoms with Gasteiger partial charge in [-0.05, 0) is 44.0 Å². The highest BCUT2D eigenvalue weighted by Gasteiger charge is 2.20. The first kappa shape index (κ1) is 12.5. The first-order valence-electron chi connectivity index (χ1n) is 6.42. The van der Waals surface area contributed by atoms with Crippen molar-refractivity contribution in [3.63, 3.8) is 0 Å². The molecule has 0 radical (unpaired) electrons. The summed E-state index contributed by atoms with van der Waals surface area (Å²) in [5, 5.41) is 0. The number of nitrogens with zero attached hydrogens (tertiary/aromatic N) is 1. The minimum absolute atomic E-state index is 0.0175. The van der Waals surface area contributed by atoms with Crippen LogP contribution in [0.4, 0.5) is 4.39 Å². The molecule has 2 rings (SSSR count). The predicted molar refractivity (Wildman–Crippen MR) is 68.2 cm³/mol. The number of nitrogens with two attached hydrogens (primary N) is 1. The lowest BCUT2D eigenvalue weighted by Crippen LogP contribution is -2.41. The Kier molecular flexibility index (Phi) is 4.13. The first-order chi connectivity index (χ1) is 8.16. The molecule has 1 aromatic rings. The normalized spacial score (nSPS) is 23.6. The highest BCUT2D eigenvalue weighted by Crippen LogP contribution is 2.20. The van der Waals surface area contributed by atoms with Gasteiger partial charge in [0.2, 0.25) is 0 Å². The van der Waals surface area contributed by atoms with Crippen LogP contribution in [-0.4, -0.2) is 24.0 Å². The van der Waals surface area contributed by atoms with Gasteiger partial charge < -0.3 is 5.73 Å². The molecule has 0 spiro atoms. The Morgan fingerprint density at radius 1 is 1.35 bits per heavy atom. The van der Waals surface area contributed by atoms with Crippen LogP contribution in [0, 0.1) is 5.82 Å². The molecule has 0 amide bonds. The molecule has 0 aromatic heterocycles. The lowest BCUT2D eigenvalue weighted by atomic mass is 10.0. The predicted octanol–water partition coefficient (Wildman–Crippen LogP) is 2.70. The molecule has 3 heteroatoms. The van der Waals surface area contributed by atoms with Crippen LogP contribution in [0.25, 0.3) is 0 Å². The fraction of sp³-hybridized carbons (Fsp3) is 0.571. The summed E-state index contributed by atoms with van der Waals surface area (Å²) >= 11 is 0. The minimum atomic E-state index is -0.202. The van der Waals surface area contributed by atoms with Gasteiger partial charge >= 0.3 is 0 Å². The van der Waals surface area contributed by atoms with E-state index in [0.717, 1.165) is 18.7 Å². The van der Waals surface area contributed by atoms with Gasteiger partial charge in [0.1, 0.15) is 5.82 Å². The van der Waals surface area contributed by atoms with Crippen LogP contribution in [0.2, 0.25) is 0 Å². The molecular formula is C14H21FN2. The maximum atomic E-state index is 12.8. The van der Waals surface area contributed by atoms with E-state index in [0.29, 0.717) is 6.04 Å². The number of hydrogen-bond acceptors (Lipinski definition) is 2. The van der Waals surface area contributed by atoms with E-state index in [1.807, 2.05) is 0 Å². The van der Waals surface area contributed by atoms with Gasteiger partial charge in [-0.15, -0.1) is 0 Å². The maximum Gasteiger partial charge on any atom is 0.123 e. The van der Waals surface area contributed by atoms with E-state index < -0.39 is 0 Å². The van der Waals surface area contributed by atoms with Gasteiger partial charge in [0.15, 0.2) is 0 Å². The molecule has 1 aliphatic heterocycles. The second-order valence-corrected chi connectivity index (χ2v) is 5.00. The van der Waals surface area contributed by atoms with Gasteiger partial charge in [0.25, 0.3) is 0 Å². The van der Waals surface area contributed by atoms with Crippen molar-refractivity contribution in [3.05, 3.63) is 35.6 Å². The summed E-state index contributed by atoms with van der Waals surface area (Å²) in [7, 11) is 0. The summed E-state index contributed by atoms with van der Waals surface area (Å²) in [5.41, 5.74) is 7.19. The first-order valence-corrected chi connectivity index (χ1v) is 6.42.